The van der Waals surface area contributed by atoms with E-state index in [1.54, 1.807) is 24.3 Å². The molecule has 0 heterocycles. The van der Waals surface area contributed by atoms with Crippen LogP contribution in [0.5, 0.6) is 0 Å². The number of primary amides is 1. The zero-order valence-corrected chi connectivity index (χ0v) is 16.5. The van der Waals surface area contributed by atoms with E-state index in [-0.39, 0.29) is 11.4 Å². The molecule has 2 aromatic carbocycles. The van der Waals surface area contributed by atoms with Gasteiger partial charge in [-0.2, -0.15) is 0 Å². The molecule has 0 spiro atoms. The first-order valence-corrected chi connectivity index (χ1v) is 10.6. The summed E-state index contributed by atoms with van der Waals surface area (Å²) in [5.41, 5.74) is 11.2. The Labute approximate surface area is 164 Å². The Bertz CT molecular complexity index is 1080. The van der Waals surface area contributed by atoms with Crippen molar-refractivity contribution in [2.75, 3.05) is 12.8 Å². The minimum atomic E-state index is -3.25. The summed E-state index contributed by atoms with van der Waals surface area (Å²) in [7, 11) is -3.25. The number of fused-ring (bicyclic) bond motifs is 1. The third kappa shape index (κ3) is 4.00. The number of nitrogens with zero attached hydrogens (tertiary/aromatic N) is 1. The van der Waals surface area contributed by atoms with Crippen molar-refractivity contribution in [3.63, 3.8) is 0 Å². The van der Waals surface area contributed by atoms with E-state index in [1.807, 2.05) is 37.3 Å². The minimum absolute atomic E-state index is 0.0837. The average molecular weight is 398 g/mol. The molecule has 0 saturated heterocycles. The number of sulfone groups is 1. The van der Waals surface area contributed by atoms with Gasteiger partial charge in [0.2, 0.25) is 0 Å². The molecule has 1 aliphatic carbocycles. The molecule has 7 heteroatoms. The van der Waals surface area contributed by atoms with E-state index in [0.29, 0.717) is 11.5 Å². The van der Waals surface area contributed by atoms with Gasteiger partial charge in [-0.05, 0) is 65.0 Å². The summed E-state index contributed by atoms with van der Waals surface area (Å²) in [4.78, 5) is 11.4. The molecule has 0 fully saturated rings. The van der Waals surface area contributed by atoms with Crippen molar-refractivity contribution >= 4 is 33.1 Å². The lowest BCUT2D eigenvalue weighted by Gasteiger charge is -2.14. The number of urea groups is 1. The van der Waals surface area contributed by atoms with E-state index in [0.717, 1.165) is 33.4 Å². The van der Waals surface area contributed by atoms with Gasteiger partial charge < -0.3 is 5.73 Å². The summed E-state index contributed by atoms with van der Waals surface area (Å²) in [6.45, 7) is 2.09. The van der Waals surface area contributed by atoms with Gasteiger partial charge in [0, 0.05) is 6.26 Å². The van der Waals surface area contributed by atoms with Crippen molar-refractivity contribution in [1.29, 1.82) is 0 Å². The topological polar surface area (TPSA) is 101 Å². The Morgan fingerprint density at radius 3 is 2.29 bits per heavy atom. The van der Waals surface area contributed by atoms with Crippen LogP contribution in [-0.4, -0.2) is 37.5 Å². The molecular formula is C21H22N2O4S. The van der Waals surface area contributed by atoms with Crippen molar-refractivity contribution in [1.82, 2.24) is 5.06 Å². The van der Waals surface area contributed by atoms with Gasteiger partial charge in [0.25, 0.3) is 0 Å². The fourth-order valence-electron chi connectivity index (χ4n) is 3.36. The second kappa shape index (κ2) is 7.61. The summed E-state index contributed by atoms with van der Waals surface area (Å²) in [6, 6.07) is 13.8. The Hall–Kier alpha value is -2.90. The van der Waals surface area contributed by atoms with Crippen LogP contribution in [-0.2, 0) is 9.84 Å². The number of hydrogen-bond acceptors (Lipinski definition) is 4. The van der Waals surface area contributed by atoms with Crippen LogP contribution in [0.2, 0.25) is 0 Å². The predicted molar refractivity (Wildman–Crippen MR) is 109 cm³/mol. The molecule has 0 unspecified atom stereocenters. The maximum absolute atomic E-state index is 11.7. The lowest BCUT2D eigenvalue weighted by molar-refractivity contribution is -0.0379. The van der Waals surface area contributed by atoms with Crippen LogP contribution in [0.3, 0.4) is 0 Å². The molecule has 2 amide bonds. The lowest BCUT2D eigenvalue weighted by atomic mass is 9.98. The molecule has 2 aromatic rings. The Morgan fingerprint density at radius 2 is 1.71 bits per heavy atom. The number of allylic oxidation sites excluding steroid dienone is 2. The van der Waals surface area contributed by atoms with Crippen LogP contribution in [0.25, 0.3) is 17.2 Å². The molecule has 0 bridgehead atoms. The molecule has 3 N–H and O–H groups in total. The first kappa shape index (κ1) is 19.9. The number of amides is 2. The second-order valence-corrected chi connectivity index (χ2v) is 8.78. The number of nitrogens with two attached hydrogens (primary N) is 1. The van der Waals surface area contributed by atoms with Crippen LogP contribution in [0.1, 0.15) is 30.0 Å². The van der Waals surface area contributed by atoms with Gasteiger partial charge in [0.1, 0.15) is 0 Å². The molecular weight excluding hydrogens is 376 g/mol. The van der Waals surface area contributed by atoms with E-state index in [4.69, 9.17) is 5.73 Å². The largest absolute Gasteiger partial charge is 0.350 e. The highest BCUT2D eigenvalue weighted by Crippen LogP contribution is 2.43. The Morgan fingerprint density at radius 1 is 1.11 bits per heavy atom. The Balaban J connectivity index is 2.00. The monoisotopic (exact) mass is 398 g/mol. The number of carbonyl (C=O) groups is 1. The average Bonchev–Trinajstić information content (AvgIpc) is 2.91. The number of hydrogen-bond donors (Lipinski definition) is 2. The highest BCUT2D eigenvalue weighted by molar-refractivity contribution is 7.90. The first-order valence-electron chi connectivity index (χ1n) is 8.76. The van der Waals surface area contributed by atoms with Gasteiger partial charge >= 0.3 is 6.03 Å². The van der Waals surface area contributed by atoms with Crippen LogP contribution in [0.15, 0.2) is 59.0 Å². The van der Waals surface area contributed by atoms with E-state index in [9.17, 15) is 18.4 Å². The van der Waals surface area contributed by atoms with Crippen LogP contribution < -0.4 is 5.73 Å². The Kier molecular flexibility index (Phi) is 5.40. The molecule has 0 radical (unpaired) electrons. The predicted octanol–water partition coefficient (Wildman–Crippen LogP) is 3.58. The summed E-state index contributed by atoms with van der Waals surface area (Å²) in [5.74, 6) is 0. The maximum atomic E-state index is 11.7. The summed E-state index contributed by atoms with van der Waals surface area (Å²) in [5, 5.41) is 10.1. The fraction of sp³-hybridized carbons (Fsp3) is 0.190. The van der Waals surface area contributed by atoms with Crippen molar-refractivity contribution in [2.45, 2.75) is 18.2 Å². The molecule has 6 nitrogen and oxygen atoms in total. The van der Waals surface area contributed by atoms with Gasteiger partial charge in [0.05, 0.1) is 11.4 Å². The second-order valence-electron chi connectivity index (χ2n) is 6.76. The number of rotatable bonds is 5. The zero-order chi connectivity index (χ0) is 20.5. The SMILES string of the molecule is CC1=C(CCN(O)C(N)=O)/C(=C/c2ccc(S(C)(=O)=O)cc2)c2ccccc21. The third-order valence-corrected chi connectivity index (χ3v) is 5.97. The molecule has 28 heavy (non-hydrogen) atoms. The summed E-state index contributed by atoms with van der Waals surface area (Å²) >= 11 is 0. The lowest BCUT2D eigenvalue weighted by Crippen LogP contribution is -2.33. The van der Waals surface area contributed by atoms with Crippen LogP contribution in [0.4, 0.5) is 4.79 Å². The van der Waals surface area contributed by atoms with Crippen molar-refractivity contribution in [3.05, 3.63) is 70.8 Å². The van der Waals surface area contributed by atoms with E-state index >= 15 is 0 Å². The number of benzene rings is 2. The van der Waals surface area contributed by atoms with Gasteiger partial charge in [-0.3, -0.25) is 5.21 Å². The maximum Gasteiger partial charge on any atom is 0.338 e. The van der Waals surface area contributed by atoms with Crippen molar-refractivity contribution in [3.8, 4) is 0 Å². The number of hydroxylamine groups is 2. The molecule has 0 aromatic heterocycles. The van der Waals surface area contributed by atoms with Crippen LogP contribution in [0, 0.1) is 0 Å². The highest BCUT2D eigenvalue weighted by Gasteiger charge is 2.24. The minimum Gasteiger partial charge on any atom is -0.350 e. The molecule has 0 aliphatic heterocycles. The van der Waals surface area contributed by atoms with Crippen LogP contribution >= 0.6 is 0 Å². The van der Waals surface area contributed by atoms with Gasteiger partial charge in [-0.1, -0.05) is 36.4 Å². The van der Waals surface area contributed by atoms with Gasteiger partial charge in [-0.15, -0.1) is 0 Å². The molecule has 3 rings (SSSR count). The fourth-order valence-corrected chi connectivity index (χ4v) is 4.00. The third-order valence-electron chi connectivity index (χ3n) is 4.85. The van der Waals surface area contributed by atoms with Gasteiger partial charge in [0.15, 0.2) is 9.84 Å². The summed E-state index contributed by atoms with van der Waals surface area (Å²) < 4.78 is 23.3. The molecule has 1 aliphatic rings. The molecule has 146 valence electrons. The quantitative estimate of drug-likeness (QED) is 0.594. The first-order chi connectivity index (χ1) is 13.2. The zero-order valence-electron chi connectivity index (χ0n) is 15.7. The molecule has 0 atom stereocenters. The highest BCUT2D eigenvalue weighted by atomic mass is 32.2. The van der Waals surface area contributed by atoms with Crippen molar-refractivity contribution < 1.29 is 18.4 Å². The van der Waals surface area contributed by atoms with E-state index in [1.165, 1.54) is 6.26 Å². The van der Waals surface area contributed by atoms with E-state index in [2.05, 4.69) is 0 Å². The standard InChI is InChI=1S/C21H22N2O4S/c1-14-17-5-3-4-6-19(17)20(18(14)11-12-23(25)21(22)24)13-15-7-9-16(10-8-15)28(2,26)27/h3-10,13,25H,11-12H2,1-2H3,(H2,22,24)/b20-13-. The van der Waals surface area contributed by atoms with Crippen molar-refractivity contribution in [2.24, 2.45) is 5.73 Å². The normalized spacial score (nSPS) is 15.0. The van der Waals surface area contributed by atoms with E-state index < -0.39 is 15.9 Å². The number of carbonyl (C=O) groups excluding carboxylic acids is 1. The summed E-state index contributed by atoms with van der Waals surface area (Å²) in [6.07, 6.45) is 3.60. The smallest absolute Gasteiger partial charge is 0.338 e. The van der Waals surface area contributed by atoms with Gasteiger partial charge in [-0.25, -0.2) is 18.3 Å². The molecule has 0 saturated carbocycles.